The zero-order valence-corrected chi connectivity index (χ0v) is 17.2. The molecule has 2 aromatic heterocycles. The molecule has 0 spiro atoms. The number of piperidine rings is 1. The monoisotopic (exact) mass is 438 g/mol. The molecule has 0 bridgehead atoms. The van der Waals surface area contributed by atoms with Gasteiger partial charge in [0.05, 0.1) is 23.5 Å². The number of hydrogen-bond acceptors (Lipinski definition) is 7. The molecule has 0 atom stereocenters. The third-order valence-corrected chi connectivity index (χ3v) is 5.77. The van der Waals surface area contributed by atoms with Crippen LogP contribution in [-0.4, -0.2) is 42.9 Å². The summed E-state index contributed by atoms with van der Waals surface area (Å²) in [5.74, 6) is 1.66. The summed E-state index contributed by atoms with van der Waals surface area (Å²) in [5, 5.41) is 12.5. The Morgan fingerprint density at radius 3 is 2.57 bits per heavy atom. The first-order valence-corrected chi connectivity index (χ1v) is 10.7. The van der Waals surface area contributed by atoms with Crippen LogP contribution in [0.5, 0.6) is 0 Å². The van der Waals surface area contributed by atoms with Crippen LogP contribution >= 0.6 is 11.8 Å². The van der Waals surface area contributed by atoms with E-state index in [2.05, 4.69) is 25.2 Å². The predicted octanol–water partition coefficient (Wildman–Crippen LogP) is 4.26. The number of thioether (sulfide) groups is 1. The van der Waals surface area contributed by atoms with E-state index < -0.39 is 11.7 Å². The average Bonchev–Trinajstić information content (AvgIpc) is 3.32. The van der Waals surface area contributed by atoms with Gasteiger partial charge in [0.2, 0.25) is 5.89 Å². The Labute approximate surface area is 175 Å². The number of nitrogens with zero attached hydrogens (tertiary/aromatic N) is 6. The fraction of sp³-hybridized carbons (Fsp3) is 0.474. The lowest BCUT2D eigenvalue weighted by Crippen LogP contribution is -2.30. The molecule has 4 rings (SSSR count). The maximum atomic E-state index is 13.7. The number of halogens is 3. The number of para-hydroxylation sites is 1. The highest BCUT2D eigenvalue weighted by molar-refractivity contribution is 7.98. The third-order valence-electron chi connectivity index (χ3n) is 4.86. The van der Waals surface area contributed by atoms with Crippen LogP contribution in [0.1, 0.15) is 42.4 Å². The SMILES string of the molecule is Cc1noc(CSc2nnc(CN3CCCCC3)n2-c2ccccc2C(F)(F)F)n1. The molecule has 3 aromatic rings. The number of aromatic nitrogens is 5. The van der Waals surface area contributed by atoms with Gasteiger partial charge in [0.15, 0.2) is 16.8 Å². The second-order valence-corrected chi connectivity index (χ2v) is 8.05. The smallest absolute Gasteiger partial charge is 0.338 e. The van der Waals surface area contributed by atoms with Crippen molar-refractivity contribution in [2.75, 3.05) is 13.1 Å². The van der Waals surface area contributed by atoms with Crippen molar-refractivity contribution in [2.45, 2.75) is 49.8 Å². The van der Waals surface area contributed by atoms with E-state index in [-0.39, 0.29) is 11.4 Å². The van der Waals surface area contributed by atoms with Crippen molar-refractivity contribution in [3.8, 4) is 5.69 Å². The summed E-state index contributed by atoms with van der Waals surface area (Å²) in [6.07, 6.45) is -1.17. The van der Waals surface area contributed by atoms with Gasteiger partial charge in [-0.2, -0.15) is 18.2 Å². The van der Waals surface area contributed by atoms with Gasteiger partial charge in [0.1, 0.15) is 0 Å². The Morgan fingerprint density at radius 2 is 1.87 bits per heavy atom. The van der Waals surface area contributed by atoms with E-state index in [9.17, 15) is 13.2 Å². The molecule has 0 radical (unpaired) electrons. The molecule has 160 valence electrons. The summed E-state index contributed by atoms with van der Waals surface area (Å²) >= 11 is 1.22. The molecular formula is C19H21F3N6OS. The van der Waals surface area contributed by atoms with E-state index >= 15 is 0 Å². The number of benzene rings is 1. The lowest BCUT2D eigenvalue weighted by atomic mass is 10.1. The average molecular weight is 438 g/mol. The van der Waals surface area contributed by atoms with Crippen molar-refractivity contribution in [1.82, 2.24) is 29.8 Å². The van der Waals surface area contributed by atoms with Crippen molar-refractivity contribution in [1.29, 1.82) is 0 Å². The highest BCUT2D eigenvalue weighted by Gasteiger charge is 2.35. The molecule has 0 amide bonds. The molecule has 0 saturated carbocycles. The molecule has 1 saturated heterocycles. The number of rotatable bonds is 6. The molecule has 0 unspecified atom stereocenters. The summed E-state index contributed by atoms with van der Waals surface area (Å²) in [6.45, 7) is 3.95. The molecular weight excluding hydrogens is 417 g/mol. The predicted molar refractivity (Wildman–Crippen MR) is 104 cm³/mol. The van der Waals surface area contributed by atoms with E-state index in [0.717, 1.165) is 32.0 Å². The summed E-state index contributed by atoms with van der Waals surface area (Å²) in [4.78, 5) is 6.35. The first-order valence-electron chi connectivity index (χ1n) is 9.67. The molecule has 3 heterocycles. The zero-order chi connectivity index (χ0) is 21.1. The number of hydrogen-bond donors (Lipinski definition) is 0. The Balaban J connectivity index is 1.70. The standard InChI is InChI=1S/C19H21F3N6OS/c1-13-23-17(29-26-13)12-30-18-25-24-16(11-27-9-5-2-6-10-27)28(18)15-8-4-3-7-14(15)19(20,21)22/h3-4,7-8H,2,5-6,9-12H2,1H3. The van der Waals surface area contributed by atoms with Crippen LogP contribution in [0.15, 0.2) is 33.9 Å². The molecule has 0 N–H and O–H groups in total. The van der Waals surface area contributed by atoms with E-state index in [1.165, 1.54) is 34.9 Å². The summed E-state index contributed by atoms with van der Waals surface area (Å²) in [5.41, 5.74) is -0.702. The molecule has 30 heavy (non-hydrogen) atoms. The van der Waals surface area contributed by atoms with Crippen molar-refractivity contribution >= 4 is 11.8 Å². The minimum Gasteiger partial charge on any atom is -0.338 e. The van der Waals surface area contributed by atoms with Crippen molar-refractivity contribution in [3.63, 3.8) is 0 Å². The van der Waals surface area contributed by atoms with Crippen LogP contribution in [0.2, 0.25) is 0 Å². The third kappa shape index (κ3) is 4.67. The minimum atomic E-state index is -4.49. The van der Waals surface area contributed by atoms with Gasteiger partial charge >= 0.3 is 6.18 Å². The van der Waals surface area contributed by atoms with Gasteiger partial charge in [0.25, 0.3) is 0 Å². The van der Waals surface area contributed by atoms with E-state index in [0.29, 0.717) is 29.2 Å². The Hall–Kier alpha value is -2.40. The van der Waals surface area contributed by atoms with Crippen molar-refractivity contribution in [2.24, 2.45) is 0 Å². The van der Waals surface area contributed by atoms with E-state index in [4.69, 9.17) is 4.52 Å². The fourth-order valence-corrected chi connectivity index (χ4v) is 4.29. The van der Waals surface area contributed by atoms with Crippen LogP contribution in [0.25, 0.3) is 5.69 Å². The van der Waals surface area contributed by atoms with Crippen molar-refractivity contribution in [3.05, 3.63) is 47.4 Å². The molecule has 11 heteroatoms. The van der Waals surface area contributed by atoms with Gasteiger partial charge in [-0.05, 0) is 45.0 Å². The molecule has 7 nitrogen and oxygen atoms in total. The van der Waals surface area contributed by atoms with Gasteiger partial charge in [-0.25, -0.2) is 0 Å². The first kappa shape index (κ1) is 20.9. The topological polar surface area (TPSA) is 72.9 Å². The lowest BCUT2D eigenvalue weighted by molar-refractivity contribution is -0.137. The van der Waals surface area contributed by atoms with Crippen LogP contribution in [0.3, 0.4) is 0 Å². The zero-order valence-electron chi connectivity index (χ0n) is 16.4. The number of likely N-dealkylation sites (tertiary alicyclic amines) is 1. The summed E-state index contributed by atoms with van der Waals surface area (Å²) < 4.78 is 47.7. The Kier molecular flexibility index (Phi) is 6.09. The molecule has 1 aromatic carbocycles. The summed E-state index contributed by atoms with van der Waals surface area (Å²) in [6, 6.07) is 5.50. The second-order valence-electron chi connectivity index (χ2n) is 7.11. The van der Waals surface area contributed by atoms with Gasteiger partial charge < -0.3 is 4.52 Å². The van der Waals surface area contributed by atoms with E-state index in [1.807, 2.05) is 0 Å². The minimum absolute atomic E-state index is 0.0196. The quantitative estimate of drug-likeness (QED) is 0.533. The van der Waals surface area contributed by atoms with Crippen LogP contribution in [-0.2, 0) is 18.5 Å². The number of alkyl halides is 3. The van der Waals surface area contributed by atoms with Crippen LogP contribution in [0.4, 0.5) is 13.2 Å². The highest BCUT2D eigenvalue weighted by Crippen LogP contribution is 2.36. The van der Waals surface area contributed by atoms with Gasteiger partial charge in [0, 0.05) is 0 Å². The number of aryl methyl sites for hydroxylation is 1. The van der Waals surface area contributed by atoms with Crippen molar-refractivity contribution < 1.29 is 17.7 Å². The highest BCUT2D eigenvalue weighted by atomic mass is 32.2. The van der Waals surface area contributed by atoms with Gasteiger partial charge in [-0.3, -0.25) is 9.47 Å². The largest absolute Gasteiger partial charge is 0.418 e. The van der Waals surface area contributed by atoms with Crippen LogP contribution < -0.4 is 0 Å². The second kappa shape index (κ2) is 8.76. The maximum Gasteiger partial charge on any atom is 0.418 e. The van der Waals surface area contributed by atoms with Gasteiger partial charge in [-0.15, -0.1) is 10.2 Å². The molecule has 1 aliphatic heterocycles. The normalized spacial score (nSPS) is 15.6. The maximum absolute atomic E-state index is 13.7. The summed E-state index contributed by atoms with van der Waals surface area (Å²) in [7, 11) is 0. The van der Waals surface area contributed by atoms with Gasteiger partial charge in [-0.1, -0.05) is 35.5 Å². The van der Waals surface area contributed by atoms with Crippen LogP contribution in [0, 0.1) is 6.92 Å². The lowest BCUT2D eigenvalue weighted by Gasteiger charge is -2.26. The van der Waals surface area contributed by atoms with E-state index in [1.54, 1.807) is 13.0 Å². The molecule has 1 fully saturated rings. The molecule has 1 aliphatic rings. The Morgan fingerprint density at radius 1 is 1.10 bits per heavy atom. The first-order chi connectivity index (χ1) is 14.4. The Bertz CT molecular complexity index is 996. The molecule has 0 aliphatic carbocycles. The fourth-order valence-electron chi connectivity index (χ4n) is 3.49.